The highest BCUT2D eigenvalue weighted by atomic mass is 16.1. The molecule has 72 valence electrons. The Morgan fingerprint density at radius 1 is 1.25 bits per heavy atom. The summed E-state index contributed by atoms with van der Waals surface area (Å²) in [5.74, 6) is 1.04. The van der Waals surface area contributed by atoms with Gasteiger partial charge < -0.3 is 5.32 Å². The Labute approximate surface area is 75.7 Å². The minimum Gasteiger partial charge on any atom is -0.359 e. The van der Waals surface area contributed by atoms with Crippen LogP contribution in [0.1, 0.15) is 46.0 Å². The molecule has 1 N–H and O–H groups in total. The average molecular weight is 171 g/mol. The Kier molecular flexibility index (Phi) is 6.82. The quantitative estimate of drug-likeness (QED) is 0.595. The summed E-state index contributed by atoms with van der Waals surface area (Å²) in [6, 6.07) is 0. The largest absolute Gasteiger partial charge is 0.359 e. The van der Waals surface area contributed by atoms with Crippen LogP contribution in [0.5, 0.6) is 0 Å². The molecule has 0 atom stereocenters. The maximum atomic E-state index is 9.70. The number of amides is 1. The molecule has 0 unspecified atom stereocenters. The molecule has 12 heavy (non-hydrogen) atoms. The van der Waals surface area contributed by atoms with Crippen molar-refractivity contribution in [2.24, 2.45) is 5.92 Å². The zero-order chi connectivity index (χ0) is 9.40. The average Bonchev–Trinajstić information content (AvgIpc) is 2.07. The summed E-state index contributed by atoms with van der Waals surface area (Å²) in [4.78, 5) is 9.70. The Bertz CT molecular complexity index is 117. The molecule has 0 aliphatic heterocycles. The smallest absolute Gasteiger partial charge is 0.216 e. The third kappa shape index (κ3) is 7.58. The molecule has 2 heteroatoms. The van der Waals surface area contributed by atoms with Gasteiger partial charge in [-0.3, -0.25) is 4.79 Å². The lowest BCUT2D eigenvalue weighted by molar-refractivity contribution is -0.118. The number of nitrogens with one attached hydrogen (secondary N) is 1. The van der Waals surface area contributed by atoms with Crippen LogP contribution in [0, 0.1) is 5.92 Å². The first kappa shape index (κ1) is 11.5. The molecule has 1 rings (SSSR count). The summed E-state index contributed by atoms with van der Waals surface area (Å²) in [6.45, 7) is 3.83. The Balaban J connectivity index is 0.000000217. The number of carbonyl (C=O) groups excluding carboxylic acids is 1. The first-order valence-electron chi connectivity index (χ1n) is 4.85. The van der Waals surface area contributed by atoms with Crippen LogP contribution in [0.15, 0.2) is 0 Å². The van der Waals surface area contributed by atoms with Gasteiger partial charge in [-0.2, -0.15) is 0 Å². The molecule has 1 aliphatic carbocycles. The third-order valence-electron chi connectivity index (χ3n) is 2.25. The maximum Gasteiger partial charge on any atom is 0.216 e. The van der Waals surface area contributed by atoms with Crippen molar-refractivity contribution in [3.8, 4) is 0 Å². The molecule has 0 aromatic rings. The van der Waals surface area contributed by atoms with E-state index in [4.69, 9.17) is 0 Å². The van der Waals surface area contributed by atoms with E-state index in [-0.39, 0.29) is 5.91 Å². The van der Waals surface area contributed by atoms with Crippen molar-refractivity contribution in [3.63, 3.8) is 0 Å². The van der Waals surface area contributed by atoms with Gasteiger partial charge in [0, 0.05) is 14.0 Å². The lowest BCUT2D eigenvalue weighted by atomic mass is 9.91. The van der Waals surface area contributed by atoms with E-state index in [1.807, 2.05) is 0 Å². The molecule has 0 aromatic carbocycles. The van der Waals surface area contributed by atoms with E-state index in [9.17, 15) is 4.79 Å². The van der Waals surface area contributed by atoms with Gasteiger partial charge in [0.25, 0.3) is 0 Å². The predicted molar refractivity (Wildman–Crippen MR) is 52.0 cm³/mol. The second-order valence-corrected chi connectivity index (χ2v) is 3.55. The highest BCUT2D eigenvalue weighted by Gasteiger charge is 2.05. The molecule has 0 heterocycles. The molecular weight excluding hydrogens is 150 g/mol. The Hall–Kier alpha value is -0.530. The standard InChI is InChI=1S/C7H14.C3H7NO/c1-7-5-3-2-4-6-7;1-3(5)4-2/h7H,2-6H2,1H3;1-2H3,(H,4,5). The molecule has 0 radical (unpaired) electrons. The van der Waals surface area contributed by atoms with Gasteiger partial charge in [-0.15, -0.1) is 0 Å². The summed E-state index contributed by atoms with van der Waals surface area (Å²) in [6.07, 6.45) is 7.44. The van der Waals surface area contributed by atoms with Crippen LogP contribution in [0.25, 0.3) is 0 Å². The topological polar surface area (TPSA) is 29.1 Å². The van der Waals surface area contributed by atoms with E-state index in [0.717, 1.165) is 5.92 Å². The van der Waals surface area contributed by atoms with Crippen molar-refractivity contribution >= 4 is 5.91 Å². The summed E-state index contributed by atoms with van der Waals surface area (Å²) >= 11 is 0. The highest BCUT2D eigenvalue weighted by molar-refractivity contribution is 5.72. The van der Waals surface area contributed by atoms with Crippen LogP contribution in [-0.4, -0.2) is 13.0 Å². The van der Waals surface area contributed by atoms with Gasteiger partial charge in [0.1, 0.15) is 0 Å². The molecule has 1 fully saturated rings. The molecule has 1 amide bonds. The Morgan fingerprint density at radius 2 is 1.67 bits per heavy atom. The number of hydrogen-bond acceptors (Lipinski definition) is 1. The minimum absolute atomic E-state index is 0.00463. The third-order valence-corrected chi connectivity index (χ3v) is 2.25. The fraction of sp³-hybridized carbons (Fsp3) is 0.900. The van der Waals surface area contributed by atoms with Gasteiger partial charge >= 0.3 is 0 Å². The van der Waals surface area contributed by atoms with E-state index in [2.05, 4.69) is 12.2 Å². The van der Waals surface area contributed by atoms with Crippen molar-refractivity contribution < 1.29 is 4.79 Å². The number of rotatable bonds is 0. The van der Waals surface area contributed by atoms with Gasteiger partial charge in [-0.05, 0) is 5.92 Å². The molecule has 0 spiro atoms. The van der Waals surface area contributed by atoms with Crippen LogP contribution < -0.4 is 5.32 Å². The fourth-order valence-corrected chi connectivity index (χ4v) is 1.31. The van der Waals surface area contributed by atoms with Crippen molar-refractivity contribution in [1.82, 2.24) is 5.32 Å². The molecule has 1 saturated carbocycles. The fourth-order valence-electron chi connectivity index (χ4n) is 1.31. The maximum absolute atomic E-state index is 9.70. The van der Waals surface area contributed by atoms with E-state index < -0.39 is 0 Å². The summed E-state index contributed by atoms with van der Waals surface area (Å²) in [5.41, 5.74) is 0. The summed E-state index contributed by atoms with van der Waals surface area (Å²) in [7, 11) is 1.60. The van der Waals surface area contributed by atoms with Crippen molar-refractivity contribution in [1.29, 1.82) is 0 Å². The molecule has 0 aromatic heterocycles. The van der Waals surface area contributed by atoms with E-state index >= 15 is 0 Å². The van der Waals surface area contributed by atoms with Gasteiger partial charge in [-0.25, -0.2) is 0 Å². The van der Waals surface area contributed by atoms with Crippen LogP contribution in [-0.2, 0) is 4.79 Å². The van der Waals surface area contributed by atoms with Gasteiger partial charge in [0.15, 0.2) is 0 Å². The van der Waals surface area contributed by atoms with Gasteiger partial charge in [0.05, 0.1) is 0 Å². The first-order chi connectivity index (χ1) is 5.66. The normalized spacial score (nSPS) is 17.6. The summed E-state index contributed by atoms with van der Waals surface area (Å²) in [5, 5.41) is 2.39. The van der Waals surface area contributed by atoms with E-state index in [1.165, 1.54) is 39.0 Å². The van der Waals surface area contributed by atoms with Crippen LogP contribution in [0.4, 0.5) is 0 Å². The summed E-state index contributed by atoms with van der Waals surface area (Å²) < 4.78 is 0. The second-order valence-electron chi connectivity index (χ2n) is 3.55. The molecular formula is C10H21NO. The second kappa shape index (κ2) is 7.14. The molecule has 1 aliphatic rings. The van der Waals surface area contributed by atoms with Crippen molar-refractivity contribution in [3.05, 3.63) is 0 Å². The molecule has 0 saturated heterocycles. The highest BCUT2D eigenvalue weighted by Crippen LogP contribution is 2.21. The van der Waals surface area contributed by atoms with Gasteiger partial charge in [0.2, 0.25) is 5.91 Å². The number of carbonyl (C=O) groups is 1. The van der Waals surface area contributed by atoms with E-state index in [1.54, 1.807) is 7.05 Å². The van der Waals surface area contributed by atoms with Crippen LogP contribution in [0.3, 0.4) is 0 Å². The van der Waals surface area contributed by atoms with Gasteiger partial charge in [-0.1, -0.05) is 39.0 Å². The van der Waals surface area contributed by atoms with Crippen molar-refractivity contribution in [2.45, 2.75) is 46.0 Å². The van der Waals surface area contributed by atoms with Crippen LogP contribution >= 0.6 is 0 Å². The monoisotopic (exact) mass is 171 g/mol. The zero-order valence-corrected chi connectivity index (χ0v) is 8.52. The minimum atomic E-state index is 0.00463. The van der Waals surface area contributed by atoms with Crippen LogP contribution in [0.2, 0.25) is 0 Å². The SMILES string of the molecule is CC1CCCCC1.CNC(C)=O. The predicted octanol–water partition coefficient (Wildman–Crippen LogP) is 2.34. The van der Waals surface area contributed by atoms with Crippen molar-refractivity contribution in [2.75, 3.05) is 7.05 Å². The first-order valence-corrected chi connectivity index (χ1v) is 4.85. The zero-order valence-electron chi connectivity index (χ0n) is 8.52. The lowest BCUT2D eigenvalue weighted by Crippen LogP contribution is -2.11. The molecule has 0 bridgehead atoms. The lowest BCUT2D eigenvalue weighted by Gasteiger charge is -2.15. The number of hydrogen-bond donors (Lipinski definition) is 1. The Morgan fingerprint density at radius 3 is 1.83 bits per heavy atom. The van der Waals surface area contributed by atoms with E-state index in [0.29, 0.717) is 0 Å². The molecule has 2 nitrogen and oxygen atoms in total.